The van der Waals surface area contributed by atoms with E-state index in [1.807, 2.05) is 34.9 Å². The Morgan fingerprint density at radius 3 is 2.17 bits per heavy atom. The third kappa shape index (κ3) is 4.67. The third-order valence-corrected chi connectivity index (χ3v) is 3.12. The fourth-order valence-electron chi connectivity index (χ4n) is 1.57. The average Bonchev–Trinajstić information content (AvgIpc) is 2.28. The Hall–Kier alpha value is -1.06. The number of aliphatic hydroxyl groups excluding tert-OH is 1. The van der Waals surface area contributed by atoms with Gasteiger partial charge in [-0.3, -0.25) is 0 Å². The Labute approximate surface area is 111 Å². The quantitative estimate of drug-likeness (QED) is 0.841. The van der Waals surface area contributed by atoms with Gasteiger partial charge in [0, 0.05) is 32.9 Å². The second kappa shape index (κ2) is 6.21. The molecule has 102 valence electrons. The lowest BCUT2D eigenvalue weighted by Gasteiger charge is -2.26. The minimum atomic E-state index is -0.321. The van der Waals surface area contributed by atoms with Gasteiger partial charge in [-0.25, -0.2) is 0 Å². The topological polar surface area (TPSA) is 35.5 Å². The molecule has 0 radical (unpaired) electrons. The van der Waals surface area contributed by atoms with Gasteiger partial charge >= 0.3 is 0 Å². The summed E-state index contributed by atoms with van der Waals surface area (Å²) in [5.41, 5.74) is 2.37. The van der Waals surface area contributed by atoms with Gasteiger partial charge in [0.1, 0.15) is 0 Å². The number of rotatable bonds is 5. The smallest absolute Gasteiger partial charge is 0.0712 e. The van der Waals surface area contributed by atoms with Crippen LogP contribution in [-0.2, 0) is 6.54 Å². The molecule has 3 heteroatoms. The molecule has 0 aliphatic rings. The van der Waals surface area contributed by atoms with Crippen molar-refractivity contribution in [2.75, 3.05) is 25.5 Å². The molecule has 0 aliphatic heterocycles. The van der Waals surface area contributed by atoms with Gasteiger partial charge in [0.05, 0.1) is 6.10 Å². The zero-order valence-electron chi connectivity index (χ0n) is 12.2. The number of benzene rings is 1. The van der Waals surface area contributed by atoms with Crippen LogP contribution in [0.4, 0.5) is 5.69 Å². The first-order valence-electron chi connectivity index (χ1n) is 6.46. The molecular formula is C15H26N2O. The Morgan fingerprint density at radius 1 is 1.17 bits per heavy atom. The molecule has 0 saturated heterocycles. The molecule has 0 heterocycles. The van der Waals surface area contributed by atoms with Crippen LogP contribution in [0.15, 0.2) is 24.3 Å². The van der Waals surface area contributed by atoms with Crippen molar-refractivity contribution in [2.24, 2.45) is 5.41 Å². The molecule has 1 atom stereocenters. The van der Waals surface area contributed by atoms with Crippen molar-refractivity contribution in [3.8, 4) is 0 Å². The molecule has 18 heavy (non-hydrogen) atoms. The fourth-order valence-corrected chi connectivity index (χ4v) is 1.57. The number of nitrogens with zero attached hydrogens (tertiary/aromatic N) is 1. The summed E-state index contributed by atoms with van der Waals surface area (Å²) in [6.45, 7) is 7.56. The predicted octanol–water partition coefficient (Wildman–Crippen LogP) is 2.25. The average molecular weight is 250 g/mol. The summed E-state index contributed by atoms with van der Waals surface area (Å²) in [5, 5.41) is 13.2. The van der Waals surface area contributed by atoms with Crippen LogP contribution >= 0.6 is 0 Å². The van der Waals surface area contributed by atoms with Crippen LogP contribution in [0.2, 0.25) is 0 Å². The lowest BCUT2D eigenvalue weighted by atomic mass is 9.89. The molecule has 0 aromatic heterocycles. The molecule has 0 saturated carbocycles. The molecular weight excluding hydrogens is 224 g/mol. The standard InChI is InChI=1S/C15H26N2O/c1-15(2,3)14(18)11-16-10-12-6-8-13(9-7-12)17(4)5/h6-9,14,16,18H,10-11H2,1-5H3. The predicted molar refractivity (Wildman–Crippen MR) is 77.9 cm³/mol. The highest BCUT2D eigenvalue weighted by atomic mass is 16.3. The molecule has 0 bridgehead atoms. The Kier molecular flexibility index (Phi) is 5.17. The monoisotopic (exact) mass is 250 g/mol. The second-order valence-corrected chi connectivity index (χ2v) is 6.07. The Morgan fingerprint density at radius 2 is 1.72 bits per heavy atom. The molecule has 1 aromatic rings. The number of aliphatic hydroxyl groups is 1. The van der Waals surface area contributed by atoms with Crippen molar-refractivity contribution in [3.63, 3.8) is 0 Å². The molecule has 2 N–H and O–H groups in total. The molecule has 0 amide bonds. The molecule has 0 spiro atoms. The summed E-state index contributed by atoms with van der Waals surface area (Å²) in [5.74, 6) is 0. The van der Waals surface area contributed by atoms with E-state index >= 15 is 0 Å². The summed E-state index contributed by atoms with van der Waals surface area (Å²) in [6, 6.07) is 8.45. The molecule has 1 rings (SSSR count). The van der Waals surface area contributed by atoms with Crippen LogP contribution in [0.25, 0.3) is 0 Å². The van der Waals surface area contributed by atoms with Gasteiger partial charge in [0.25, 0.3) is 0 Å². The SMILES string of the molecule is CN(C)c1ccc(CNCC(O)C(C)(C)C)cc1. The minimum Gasteiger partial charge on any atom is -0.391 e. The van der Waals surface area contributed by atoms with E-state index in [4.69, 9.17) is 0 Å². The normalized spacial score (nSPS) is 13.4. The highest BCUT2D eigenvalue weighted by Gasteiger charge is 2.21. The van der Waals surface area contributed by atoms with Crippen molar-refractivity contribution in [3.05, 3.63) is 29.8 Å². The van der Waals surface area contributed by atoms with Gasteiger partial charge in [0.15, 0.2) is 0 Å². The lowest BCUT2D eigenvalue weighted by molar-refractivity contribution is 0.0628. The van der Waals surface area contributed by atoms with Crippen molar-refractivity contribution in [2.45, 2.75) is 33.4 Å². The third-order valence-electron chi connectivity index (χ3n) is 3.12. The van der Waals surface area contributed by atoms with E-state index in [2.05, 4.69) is 34.5 Å². The van der Waals surface area contributed by atoms with E-state index in [1.165, 1.54) is 11.3 Å². The molecule has 0 aliphatic carbocycles. The van der Waals surface area contributed by atoms with E-state index < -0.39 is 0 Å². The van der Waals surface area contributed by atoms with Crippen LogP contribution in [-0.4, -0.2) is 31.9 Å². The maximum absolute atomic E-state index is 9.91. The summed E-state index contributed by atoms with van der Waals surface area (Å²) >= 11 is 0. The first kappa shape index (κ1) is 15.0. The molecule has 3 nitrogen and oxygen atoms in total. The van der Waals surface area contributed by atoms with Crippen LogP contribution in [0.1, 0.15) is 26.3 Å². The van der Waals surface area contributed by atoms with Crippen molar-refractivity contribution in [1.82, 2.24) is 5.32 Å². The van der Waals surface area contributed by atoms with E-state index in [0.717, 1.165) is 6.54 Å². The van der Waals surface area contributed by atoms with E-state index in [-0.39, 0.29) is 11.5 Å². The van der Waals surface area contributed by atoms with Crippen molar-refractivity contribution >= 4 is 5.69 Å². The summed E-state index contributed by atoms with van der Waals surface area (Å²) in [4.78, 5) is 2.08. The van der Waals surface area contributed by atoms with Crippen molar-refractivity contribution in [1.29, 1.82) is 0 Å². The highest BCUT2D eigenvalue weighted by molar-refractivity contribution is 5.45. The molecule has 0 fully saturated rings. The maximum atomic E-state index is 9.91. The molecule has 1 unspecified atom stereocenters. The number of hydrogen-bond donors (Lipinski definition) is 2. The van der Waals surface area contributed by atoms with Crippen LogP contribution in [0.5, 0.6) is 0 Å². The maximum Gasteiger partial charge on any atom is 0.0712 e. The second-order valence-electron chi connectivity index (χ2n) is 6.07. The van der Waals surface area contributed by atoms with Crippen LogP contribution < -0.4 is 10.2 Å². The van der Waals surface area contributed by atoms with Gasteiger partial charge < -0.3 is 15.3 Å². The zero-order chi connectivity index (χ0) is 13.8. The zero-order valence-corrected chi connectivity index (χ0v) is 12.2. The number of nitrogens with one attached hydrogen (secondary N) is 1. The minimum absolute atomic E-state index is 0.0677. The van der Waals surface area contributed by atoms with Gasteiger partial charge in [-0.1, -0.05) is 32.9 Å². The number of anilines is 1. The first-order chi connectivity index (χ1) is 8.30. The van der Waals surface area contributed by atoms with Gasteiger partial charge in [-0.05, 0) is 23.1 Å². The van der Waals surface area contributed by atoms with E-state index in [0.29, 0.717) is 6.54 Å². The lowest BCUT2D eigenvalue weighted by Crippen LogP contribution is -2.36. The van der Waals surface area contributed by atoms with E-state index in [9.17, 15) is 5.11 Å². The van der Waals surface area contributed by atoms with E-state index in [1.54, 1.807) is 0 Å². The van der Waals surface area contributed by atoms with Gasteiger partial charge in [-0.15, -0.1) is 0 Å². The van der Waals surface area contributed by atoms with Crippen LogP contribution in [0, 0.1) is 5.41 Å². The molecule has 1 aromatic carbocycles. The highest BCUT2D eigenvalue weighted by Crippen LogP contribution is 2.18. The number of hydrogen-bond acceptors (Lipinski definition) is 3. The Bertz CT molecular complexity index is 352. The summed E-state index contributed by atoms with van der Waals surface area (Å²) < 4.78 is 0. The van der Waals surface area contributed by atoms with Gasteiger partial charge in [0.2, 0.25) is 0 Å². The largest absolute Gasteiger partial charge is 0.391 e. The van der Waals surface area contributed by atoms with Crippen molar-refractivity contribution < 1.29 is 5.11 Å². The fraction of sp³-hybridized carbons (Fsp3) is 0.600. The Balaban J connectivity index is 2.40. The van der Waals surface area contributed by atoms with Crippen LogP contribution in [0.3, 0.4) is 0 Å². The summed E-state index contributed by atoms with van der Waals surface area (Å²) in [6.07, 6.45) is -0.321. The first-order valence-corrected chi connectivity index (χ1v) is 6.46. The summed E-state index contributed by atoms with van der Waals surface area (Å²) in [7, 11) is 4.07. The van der Waals surface area contributed by atoms with Gasteiger partial charge in [-0.2, -0.15) is 0 Å².